The minimum absolute atomic E-state index is 0.237. The van der Waals surface area contributed by atoms with Gasteiger partial charge in [-0.15, -0.1) is 0 Å². The van der Waals surface area contributed by atoms with Gasteiger partial charge < -0.3 is 18.9 Å². The molecule has 0 aromatic heterocycles. The van der Waals surface area contributed by atoms with Crippen LogP contribution in [0.2, 0.25) is 0 Å². The first-order valence-electron chi connectivity index (χ1n) is 13.5. The number of carbonyl (C=O) groups is 3. The first-order valence-corrected chi connectivity index (χ1v) is 13.5. The van der Waals surface area contributed by atoms with Crippen LogP contribution in [0.4, 0.5) is 0 Å². The predicted molar refractivity (Wildman–Crippen MR) is 170 cm³/mol. The second kappa shape index (κ2) is 13.8. The third kappa shape index (κ3) is 7.66. The van der Waals surface area contributed by atoms with Crippen LogP contribution in [-0.2, 0) is 14.4 Å². The van der Waals surface area contributed by atoms with Gasteiger partial charge in [-0.3, -0.25) is 0 Å². The number of hydrogen-bond acceptors (Lipinski definition) is 7. The highest BCUT2D eigenvalue weighted by molar-refractivity contribution is 5.92. The Labute approximate surface area is 256 Å². The van der Waals surface area contributed by atoms with Gasteiger partial charge in [0.15, 0.2) is 0 Å². The maximum absolute atomic E-state index is 12.7. The molecule has 0 aliphatic carbocycles. The zero-order valence-electron chi connectivity index (χ0n) is 24.4. The van der Waals surface area contributed by atoms with Gasteiger partial charge in [0.1, 0.15) is 23.0 Å². The van der Waals surface area contributed by atoms with Crippen molar-refractivity contribution in [2.45, 2.75) is 13.8 Å². The summed E-state index contributed by atoms with van der Waals surface area (Å²) in [4.78, 5) is 35.7. The van der Waals surface area contributed by atoms with E-state index < -0.39 is 17.9 Å². The number of benzene rings is 4. The molecule has 4 aromatic rings. The second-order valence-electron chi connectivity index (χ2n) is 9.70. The smallest absolute Gasteiger partial charge is 0.338 e. The molecule has 0 aliphatic heterocycles. The van der Waals surface area contributed by atoms with Crippen molar-refractivity contribution >= 4 is 17.9 Å². The Hall–Kier alpha value is -5.95. The SMILES string of the molecule is C=CC(=O)Oc1ccc(-c2ccc(-c3cc(OC(=O)C(=C)C)c(-c4ccc(OC(=O)C=C)cc4)cc3OC(=C)C)cc2)cc1. The van der Waals surface area contributed by atoms with E-state index in [0.29, 0.717) is 39.7 Å². The minimum atomic E-state index is -0.583. The number of esters is 3. The molecule has 0 radical (unpaired) electrons. The molecule has 0 amide bonds. The number of carbonyl (C=O) groups excluding carboxylic acids is 3. The molecular formula is C37H30O7. The number of ether oxygens (including phenoxy) is 4. The molecule has 0 atom stereocenters. The summed E-state index contributed by atoms with van der Waals surface area (Å²) in [5, 5.41) is 0. The summed E-state index contributed by atoms with van der Waals surface area (Å²) in [6, 6.07) is 25.1. The van der Waals surface area contributed by atoms with E-state index in [4.69, 9.17) is 18.9 Å². The van der Waals surface area contributed by atoms with Crippen LogP contribution in [-0.4, -0.2) is 17.9 Å². The molecule has 0 fully saturated rings. The van der Waals surface area contributed by atoms with Gasteiger partial charge in [-0.05, 0) is 72.5 Å². The molecule has 0 aliphatic rings. The minimum Gasteiger partial charge on any atom is -0.462 e. The van der Waals surface area contributed by atoms with Crippen molar-refractivity contribution in [2.24, 2.45) is 0 Å². The van der Waals surface area contributed by atoms with Crippen LogP contribution in [0.3, 0.4) is 0 Å². The summed E-state index contributed by atoms with van der Waals surface area (Å²) >= 11 is 0. The monoisotopic (exact) mass is 586 g/mol. The van der Waals surface area contributed by atoms with Gasteiger partial charge >= 0.3 is 17.9 Å². The van der Waals surface area contributed by atoms with Crippen LogP contribution in [0.15, 0.2) is 135 Å². The summed E-state index contributed by atoms with van der Waals surface area (Å²) < 4.78 is 22.2. The Balaban J connectivity index is 1.76. The fourth-order valence-corrected chi connectivity index (χ4v) is 4.13. The fraction of sp³-hybridized carbons (Fsp3) is 0.0541. The van der Waals surface area contributed by atoms with E-state index in [2.05, 4.69) is 26.3 Å². The van der Waals surface area contributed by atoms with E-state index in [0.717, 1.165) is 28.8 Å². The molecule has 44 heavy (non-hydrogen) atoms. The van der Waals surface area contributed by atoms with Crippen LogP contribution in [0, 0.1) is 0 Å². The average molecular weight is 587 g/mol. The van der Waals surface area contributed by atoms with Gasteiger partial charge in [-0.2, -0.15) is 0 Å². The average Bonchev–Trinajstić information content (AvgIpc) is 3.02. The highest BCUT2D eigenvalue weighted by Crippen LogP contribution is 2.42. The van der Waals surface area contributed by atoms with Crippen LogP contribution < -0.4 is 18.9 Å². The van der Waals surface area contributed by atoms with Crippen LogP contribution in [0.1, 0.15) is 13.8 Å². The molecular weight excluding hydrogens is 556 g/mol. The quantitative estimate of drug-likeness (QED) is 0.0756. The Kier molecular flexibility index (Phi) is 9.73. The van der Waals surface area contributed by atoms with Crippen LogP contribution in [0.5, 0.6) is 23.0 Å². The molecule has 4 aromatic carbocycles. The van der Waals surface area contributed by atoms with Gasteiger partial charge in [0, 0.05) is 28.9 Å². The topological polar surface area (TPSA) is 88.1 Å². The van der Waals surface area contributed by atoms with E-state index >= 15 is 0 Å². The van der Waals surface area contributed by atoms with E-state index in [9.17, 15) is 14.4 Å². The van der Waals surface area contributed by atoms with Crippen molar-refractivity contribution in [1.29, 1.82) is 0 Å². The molecule has 0 saturated heterocycles. The van der Waals surface area contributed by atoms with Crippen molar-refractivity contribution in [3.63, 3.8) is 0 Å². The highest BCUT2D eigenvalue weighted by Gasteiger charge is 2.19. The van der Waals surface area contributed by atoms with Crippen LogP contribution >= 0.6 is 0 Å². The van der Waals surface area contributed by atoms with Gasteiger partial charge in [0.2, 0.25) is 0 Å². The number of rotatable bonds is 11. The molecule has 7 heteroatoms. The number of allylic oxidation sites excluding steroid dienone is 1. The molecule has 7 nitrogen and oxygen atoms in total. The lowest BCUT2D eigenvalue weighted by Crippen LogP contribution is -2.09. The largest absolute Gasteiger partial charge is 0.462 e. The van der Waals surface area contributed by atoms with Gasteiger partial charge in [0.25, 0.3) is 0 Å². The van der Waals surface area contributed by atoms with Gasteiger partial charge in [-0.25, -0.2) is 14.4 Å². The third-order valence-corrected chi connectivity index (χ3v) is 6.24. The molecule has 0 heterocycles. The molecule has 0 spiro atoms. The lowest BCUT2D eigenvalue weighted by Gasteiger charge is -2.18. The molecule has 0 unspecified atom stereocenters. The van der Waals surface area contributed by atoms with Crippen LogP contribution in [0.25, 0.3) is 33.4 Å². The first-order chi connectivity index (χ1) is 21.1. The highest BCUT2D eigenvalue weighted by atomic mass is 16.5. The zero-order chi connectivity index (χ0) is 31.8. The van der Waals surface area contributed by atoms with E-state index in [-0.39, 0.29) is 11.3 Å². The molecule has 220 valence electrons. The van der Waals surface area contributed by atoms with E-state index in [1.807, 2.05) is 36.4 Å². The summed E-state index contributed by atoms with van der Waals surface area (Å²) in [7, 11) is 0. The third-order valence-electron chi connectivity index (χ3n) is 6.24. The Bertz CT molecular complexity index is 1760. The standard InChI is InChI=1S/C37H30O7/c1-7-35(38)42-29-17-13-26(14-18-29)25-9-11-27(12-10-25)31-22-34(44-37(40)23(3)4)32(21-33(31)41-24(5)6)28-15-19-30(20-16-28)43-36(39)8-2/h7-22H,1-3,5H2,4,6H3. The first kappa shape index (κ1) is 31.0. The maximum Gasteiger partial charge on any atom is 0.338 e. The van der Waals surface area contributed by atoms with Gasteiger partial charge in [-0.1, -0.05) is 74.8 Å². The summed E-state index contributed by atoms with van der Waals surface area (Å²) in [5.41, 5.74) is 4.80. The second-order valence-corrected chi connectivity index (χ2v) is 9.70. The van der Waals surface area contributed by atoms with Crippen molar-refractivity contribution in [3.05, 3.63) is 135 Å². The van der Waals surface area contributed by atoms with Crippen molar-refractivity contribution < 1.29 is 33.3 Å². The van der Waals surface area contributed by atoms with E-state index in [1.165, 1.54) is 0 Å². The van der Waals surface area contributed by atoms with Crippen molar-refractivity contribution in [1.82, 2.24) is 0 Å². The lowest BCUT2D eigenvalue weighted by molar-refractivity contribution is -0.130. The Morgan fingerprint density at radius 1 is 0.545 bits per heavy atom. The maximum atomic E-state index is 12.7. The molecule has 0 N–H and O–H groups in total. The molecule has 4 rings (SSSR count). The van der Waals surface area contributed by atoms with Gasteiger partial charge in [0.05, 0.1) is 5.76 Å². The number of hydrogen-bond donors (Lipinski definition) is 0. The molecule has 0 bridgehead atoms. The Morgan fingerprint density at radius 3 is 1.30 bits per heavy atom. The Morgan fingerprint density at radius 2 is 0.909 bits per heavy atom. The van der Waals surface area contributed by atoms with E-state index in [1.54, 1.807) is 62.4 Å². The lowest BCUT2D eigenvalue weighted by atomic mass is 9.96. The fourth-order valence-electron chi connectivity index (χ4n) is 4.13. The van der Waals surface area contributed by atoms with Crippen molar-refractivity contribution in [3.8, 4) is 56.4 Å². The zero-order valence-corrected chi connectivity index (χ0v) is 24.4. The summed E-state index contributed by atoms with van der Waals surface area (Å²) in [6.07, 6.45) is 2.18. The van der Waals surface area contributed by atoms with Crippen molar-refractivity contribution in [2.75, 3.05) is 0 Å². The summed E-state index contributed by atoms with van der Waals surface area (Å²) in [6.45, 7) is 17.7. The molecule has 0 saturated carbocycles. The summed E-state index contributed by atoms with van der Waals surface area (Å²) in [5.74, 6) is 0.303. The predicted octanol–water partition coefficient (Wildman–Crippen LogP) is 8.26. The normalized spacial score (nSPS) is 10.2.